The normalized spacial score (nSPS) is 12.1. The summed E-state index contributed by atoms with van der Waals surface area (Å²) in [6.45, 7) is 4.57. The standard InChI is InChI=1S/C34H64O2/c1-3-5-7-9-11-12-13-14-15-16-17-19-22-26-30-33(29-25-21-18-10-8-6-4-2)31-27-23-20-24-28-32-34(35)36/h26,29-30H,3-25,27-28,31-32H2,1-2H3,(H,35,36)/b30-26-,33-29+. The molecule has 0 spiro atoms. The van der Waals surface area contributed by atoms with Gasteiger partial charge in [-0.1, -0.05) is 160 Å². The van der Waals surface area contributed by atoms with Crippen molar-refractivity contribution in [2.45, 2.75) is 187 Å². The Hall–Kier alpha value is -1.05. The summed E-state index contributed by atoms with van der Waals surface area (Å²) in [5, 5.41) is 8.76. The third-order valence-corrected chi connectivity index (χ3v) is 7.38. The molecular weight excluding hydrogens is 440 g/mol. The Bertz CT molecular complexity index is 505. The van der Waals surface area contributed by atoms with Crippen LogP contribution in [-0.4, -0.2) is 11.1 Å². The lowest BCUT2D eigenvalue weighted by molar-refractivity contribution is -0.137. The molecule has 0 aromatic carbocycles. The van der Waals surface area contributed by atoms with E-state index in [-0.39, 0.29) is 0 Å². The number of rotatable bonds is 29. The third-order valence-electron chi connectivity index (χ3n) is 7.38. The van der Waals surface area contributed by atoms with E-state index < -0.39 is 5.97 Å². The molecule has 0 radical (unpaired) electrons. The maximum absolute atomic E-state index is 10.6. The first-order valence-electron chi connectivity index (χ1n) is 16.3. The summed E-state index contributed by atoms with van der Waals surface area (Å²) < 4.78 is 0. The Labute approximate surface area is 226 Å². The van der Waals surface area contributed by atoms with E-state index in [2.05, 4.69) is 32.1 Å². The van der Waals surface area contributed by atoms with Crippen LogP contribution in [0.4, 0.5) is 0 Å². The van der Waals surface area contributed by atoms with Crippen LogP contribution < -0.4 is 0 Å². The Morgan fingerprint density at radius 3 is 1.36 bits per heavy atom. The summed E-state index contributed by atoms with van der Waals surface area (Å²) >= 11 is 0. The fraction of sp³-hybridized carbons (Fsp3) is 0.853. The topological polar surface area (TPSA) is 37.3 Å². The van der Waals surface area contributed by atoms with Gasteiger partial charge in [0.1, 0.15) is 0 Å². The lowest BCUT2D eigenvalue weighted by Crippen LogP contribution is -1.93. The second-order valence-corrected chi connectivity index (χ2v) is 11.1. The van der Waals surface area contributed by atoms with E-state index in [9.17, 15) is 4.79 Å². The lowest BCUT2D eigenvalue weighted by atomic mass is 10.0. The second kappa shape index (κ2) is 30.2. The quantitative estimate of drug-likeness (QED) is 0.0812. The van der Waals surface area contributed by atoms with Crippen molar-refractivity contribution < 1.29 is 9.90 Å². The van der Waals surface area contributed by atoms with Crippen LogP contribution in [0.1, 0.15) is 187 Å². The molecule has 212 valence electrons. The molecule has 0 aromatic rings. The zero-order chi connectivity index (χ0) is 26.4. The SMILES string of the molecule is CCCCCCCC/C=C(\C=C/CCCCCCCCCCCCCC)CCCCCCCC(=O)O. The highest BCUT2D eigenvalue weighted by Gasteiger charge is 1.99. The lowest BCUT2D eigenvalue weighted by Gasteiger charge is -2.05. The van der Waals surface area contributed by atoms with Gasteiger partial charge in [-0.3, -0.25) is 4.79 Å². The van der Waals surface area contributed by atoms with Crippen LogP contribution in [0, 0.1) is 0 Å². The van der Waals surface area contributed by atoms with Gasteiger partial charge in [0.25, 0.3) is 0 Å². The predicted molar refractivity (Wildman–Crippen MR) is 161 cm³/mol. The smallest absolute Gasteiger partial charge is 0.303 e. The van der Waals surface area contributed by atoms with Crippen molar-refractivity contribution in [3.63, 3.8) is 0 Å². The van der Waals surface area contributed by atoms with Gasteiger partial charge in [-0.15, -0.1) is 0 Å². The van der Waals surface area contributed by atoms with E-state index in [1.54, 1.807) is 0 Å². The van der Waals surface area contributed by atoms with E-state index in [0.717, 1.165) is 12.8 Å². The summed E-state index contributed by atoms with van der Waals surface area (Å²) in [4.78, 5) is 10.6. The average molecular weight is 505 g/mol. The van der Waals surface area contributed by atoms with Crippen LogP contribution in [0.5, 0.6) is 0 Å². The molecule has 0 atom stereocenters. The van der Waals surface area contributed by atoms with Crippen LogP contribution in [-0.2, 0) is 4.79 Å². The van der Waals surface area contributed by atoms with Crippen LogP contribution in [0.25, 0.3) is 0 Å². The first kappa shape index (κ1) is 35.0. The highest BCUT2D eigenvalue weighted by atomic mass is 16.4. The fourth-order valence-electron chi connectivity index (χ4n) is 4.94. The number of carbonyl (C=O) groups is 1. The number of unbranched alkanes of at least 4 members (excludes halogenated alkanes) is 22. The molecular formula is C34H64O2. The molecule has 0 aliphatic heterocycles. The molecule has 0 amide bonds. The van der Waals surface area contributed by atoms with Gasteiger partial charge in [0.2, 0.25) is 0 Å². The molecule has 0 aliphatic carbocycles. The van der Waals surface area contributed by atoms with E-state index in [0.29, 0.717) is 6.42 Å². The molecule has 0 aliphatic rings. The summed E-state index contributed by atoms with van der Waals surface area (Å²) in [5.74, 6) is -0.659. The monoisotopic (exact) mass is 504 g/mol. The van der Waals surface area contributed by atoms with Crippen molar-refractivity contribution >= 4 is 5.97 Å². The van der Waals surface area contributed by atoms with E-state index in [1.807, 2.05) is 0 Å². The molecule has 2 nitrogen and oxygen atoms in total. The van der Waals surface area contributed by atoms with Gasteiger partial charge < -0.3 is 5.11 Å². The number of allylic oxidation sites excluding steroid dienone is 4. The van der Waals surface area contributed by atoms with Gasteiger partial charge in [0.05, 0.1) is 0 Å². The maximum atomic E-state index is 10.6. The van der Waals surface area contributed by atoms with Crippen molar-refractivity contribution in [3.8, 4) is 0 Å². The molecule has 1 N–H and O–H groups in total. The number of hydrogen-bond acceptors (Lipinski definition) is 1. The molecule has 0 bridgehead atoms. The van der Waals surface area contributed by atoms with Gasteiger partial charge in [0, 0.05) is 6.42 Å². The van der Waals surface area contributed by atoms with Crippen molar-refractivity contribution in [2.75, 3.05) is 0 Å². The first-order valence-corrected chi connectivity index (χ1v) is 16.3. The number of hydrogen-bond donors (Lipinski definition) is 1. The minimum Gasteiger partial charge on any atom is -0.481 e. The van der Waals surface area contributed by atoms with Gasteiger partial charge in [-0.05, 0) is 44.9 Å². The Morgan fingerprint density at radius 1 is 0.500 bits per heavy atom. The van der Waals surface area contributed by atoms with Gasteiger partial charge in [0.15, 0.2) is 0 Å². The van der Waals surface area contributed by atoms with Crippen LogP contribution in [0.2, 0.25) is 0 Å². The van der Waals surface area contributed by atoms with Crippen molar-refractivity contribution in [1.29, 1.82) is 0 Å². The molecule has 0 fully saturated rings. The van der Waals surface area contributed by atoms with Crippen LogP contribution >= 0.6 is 0 Å². The average Bonchev–Trinajstić information content (AvgIpc) is 2.87. The highest BCUT2D eigenvalue weighted by molar-refractivity contribution is 5.66. The highest BCUT2D eigenvalue weighted by Crippen LogP contribution is 2.17. The molecule has 0 unspecified atom stereocenters. The van der Waals surface area contributed by atoms with E-state index in [4.69, 9.17) is 5.11 Å². The Morgan fingerprint density at radius 2 is 0.889 bits per heavy atom. The molecule has 2 heteroatoms. The second-order valence-electron chi connectivity index (χ2n) is 11.1. The largest absolute Gasteiger partial charge is 0.481 e. The minimum atomic E-state index is -0.659. The molecule has 0 rings (SSSR count). The minimum absolute atomic E-state index is 0.325. The molecule has 0 saturated carbocycles. The van der Waals surface area contributed by atoms with Crippen molar-refractivity contribution in [1.82, 2.24) is 0 Å². The number of carboxylic acids is 1. The van der Waals surface area contributed by atoms with Crippen LogP contribution in [0.15, 0.2) is 23.8 Å². The van der Waals surface area contributed by atoms with Crippen molar-refractivity contribution in [2.24, 2.45) is 0 Å². The van der Waals surface area contributed by atoms with E-state index in [1.165, 1.54) is 160 Å². The maximum Gasteiger partial charge on any atom is 0.303 e. The zero-order valence-corrected chi connectivity index (χ0v) is 24.7. The summed E-state index contributed by atoms with van der Waals surface area (Å²) in [6.07, 6.45) is 42.0. The van der Waals surface area contributed by atoms with Gasteiger partial charge in [-0.2, -0.15) is 0 Å². The number of carboxylic acid groups (broad SMARTS) is 1. The van der Waals surface area contributed by atoms with Gasteiger partial charge in [-0.25, -0.2) is 0 Å². The van der Waals surface area contributed by atoms with E-state index >= 15 is 0 Å². The molecule has 36 heavy (non-hydrogen) atoms. The Kier molecular flexibility index (Phi) is 29.3. The summed E-state index contributed by atoms with van der Waals surface area (Å²) in [7, 11) is 0. The fourth-order valence-corrected chi connectivity index (χ4v) is 4.94. The summed E-state index contributed by atoms with van der Waals surface area (Å²) in [6, 6.07) is 0. The zero-order valence-electron chi connectivity index (χ0n) is 24.7. The first-order chi connectivity index (χ1) is 17.7. The third kappa shape index (κ3) is 29.2. The van der Waals surface area contributed by atoms with Gasteiger partial charge >= 0.3 is 5.97 Å². The predicted octanol–water partition coefficient (Wildman–Crippen LogP) is 12.1. The molecule has 0 saturated heterocycles. The summed E-state index contributed by atoms with van der Waals surface area (Å²) in [5.41, 5.74) is 1.54. The Balaban J connectivity index is 3.98. The van der Waals surface area contributed by atoms with Crippen molar-refractivity contribution in [3.05, 3.63) is 23.8 Å². The van der Waals surface area contributed by atoms with Crippen LogP contribution in [0.3, 0.4) is 0 Å². The molecule has 0 heterocycles. The number of aliphatic carboxylic acids is 1. The molecule has 0 aromatic heterocycles.